The lowest BCUT2D eigenvalue weighted by Crippen LogP contribution is -1.98. The number of carboxylic acid groups (broad SMARTS) is 1. The molecule has 1 saturated carbocycles. The van der Waals surface area contributed by atoms with E-state index in [9.17, 15) is 13.6 Å². The number of aliphatic carboxylic acids is 1. The molecule has 1 aliphatic carbocycles. The zero-order chi connectivity index (χ0) is 12.2. The quantitative estimate of drug-likeness (QED) is 0.873. The number of halogens is 2. The van der Waals surface area contributed by atoms with Crippen molar-refractivity contribution in [1.29, 1.82) is 0 Å². The van der Waals surface area contributed by atoms with Crippen molar-refractivity contribution in [3.63, 3.8) is 0 Å². The van der Waals surface area contributed by atoms with Gasteiger partial charge in [0, 0.05) is 18.1 Å². The molecule has 6 heteroatoms. The number of hydrogen-bond donors (Lipinski definition) is 1. The van der Waals surface area contributed by atoms with Crippen molar-refractivity contribution >= 4 is 17.1 Å². The van der Waals surface area contributed by atoms with Crippen LogP contribution in [0.25, 0.3) is 11.1 Å². The van der Waals surface area contributed by atoms with Crippen LogP contribution in [0.4, 0.5) is 8.78 Å². The number of carbonyl (C=O) groups is 1. The van der Waals surface area contributed by atoms with Crippen molar-refractivity contribution in [2.45, 2.75) is 12.3 Å². The third-order valence-electron chi connectivity index (χ3n) is 2.87. The van der Waals surface area contributed by atoms with Crippen LogP contribution in [0.2, 0.25) is 0 Å². The molecule has 88 valence electrons. The van der Waals surface area contributed by atoms with Gasteiger partial charge in [0.1, 0.15) is 5.52 Å². The Balaban J connectivity index is 2.01. The predicted molar refractivity (Wildman–Crippen MR) is 52.4 cm³/mol. The fourth-order valence-corrected chi connectivity index (χ4v) is 1.84. The van der Waals surface area contributed by atoms with Gasteiger partial charge >= 0.3 is 5.97 Å². The first-order chi connectivity index (χ1) is 8.06. The van der Waals surface area contributed by atoms with E-state index in [1.54, 1.807) is 0 Å². The summed E-state index contributed by atoms with van der Waals surface area (Å²) >= 11 is 0. The van der Waals surface area contributed by atoms with Crippen molar-refractivity contribution in [1.82, 2.24) is 4.98 Å². The molecule has 0 radical (unpaired) electrons. The van der Waals surface area contributed by atoms with E-state index in [1.165, 1.54) is 0 Å². The Morgan fingerprint density at radius 1 is 1.41 bits per heavy atom. The number of fused-ring (bicyclic) bond motifs is 1. The Labute approximate surface area is 93.9 Å². The molecule has 2 atom stereocenters. The normalized spacial score (nSPS) is 22.9. The molecule has 0 saturated heterocycles. The van der Waals surface area contributed by atoms with Gasteiger partial charge in [0.2, 0.25) is 0 Å². The first kappa shape index (κ1) is 10.2. The Kier molecular flexibility index (Phi) is 1.95. The number of aromatic nitrogens is 1. The monoisotopic (exact) mass is 239 g/mol. The molecule has 3 rings (SSSR count). The van der Waals surface area contributed by atoms with Crippen molar-refractivity contribution in [2.75, 3.05) is 0 Å². The van der Waals surface area contributed by atoms with Gasteiger partial charge in [-0.3, -0.25) is 4.79 Å². The topological polar surface area (TPSA) is 63.3 Å². The summed E-state index contributed by atoms with van der Waals surface area (Å²) in [6.45, 7) is 0. The van der Waals surface area contributed by atoms with Gasteiger partial charge < -0.3 is 9.52 Å². The third-order valence-corrected chi connectivity index (χ3v) is 2.87. The lowest BCUT2D eigenvalue weighted by atomic mass is 10.3. The molecule has 1 aliphatic rings. The van der Waals surface area contributed by atoms with Crippen LogP contribution < -0.4 is 0 Å². The van der Waals surface area contributed by atoms with E-state index in [2.05, 4.69) is 4.98 Å². The SMILES string of the molecule is O=C(O)[C@H]1C[C@@H]1c1nc2cc(F)c(F)cc2o1. The number of rotatable bonds is 2. The molecule has 1 heterocycles. The second kappa shape index (κ2) is 3.26. The third kappa shape index (κ3) is 1.56. The fraction of sp³-hybridized carbons (Fsp3) is 0.273. The van der Waals surface area contributed by atoms with Crippen molar-refractivity contribution in [2.24, 2.45) is 5.92 Å². The van der Waals surface area contributed by atoms with E-state index in [-0.39, 0.29) is 22.9 Å². The van der Waals surface area contributed by atoms with Crippen LogP contribution in [-0.2, 0) is 4.79 Å². The van der Waals surface area contributed by atoms with Gasteiger partial charge in [-0.2, -0.15) is 0 Å². The molecule has 0 spiro atoms. The zero-order valence-corrected chi connectivity index (χ0v) is 8.48. The van der Waals surface area contributed by atoms with Gasteiger partial charge in [-0.25, -0.2) is 13.8 Å². The fourth-order valence-electron chi connectivity index (χ4n) is 1.84. The molecule has 0 bridgehead atoms. The Hall–Kier alpha value is -1.98. The molecule has 17 heavy (non-hydrogen) atoms. The maximum atomic E-state index is 12.9. The van der Waals surface area contributed by atoms with Gasteiger partial charge in [-0.1, -0.05) is 0 Å². The van der Waals surface area contributed by atoms with E-state index >= 15 is 0 Å². The van der Waals surface area contributed by atoms with Crippen molar-refractivity contribution in [3.05, 3.63) is 29.7 Å². The maximum absolute atomic E-state index is 12.9. The molecule has 0 amide bonds. The average molecular weight is 239 g/mol. The van der Waals surface area contributed by atoms with Gasteiger partial charge in [0.05, 0.1) is 5.92 Å². The van der Waals surface area contributed by atoms with E-state index in [1.807, 2.05) is 0 Å². The first-order valence-corrected chi connectivity index (χ1v) is 5.04. The Morgan fingerprint density at radius 3 is 2.76 bits per heavy atom. The minimum atomic E-state index is -1.01. The number of benzene rings is 1. The predicted octanol–water partition coefficient (Wildman–Crippen LogP) is 2.29. The zero-order valence-electron chi connectivity index (χ0n) is 8.48. The molecule has 1 aromatic heterocycles. The van der Waals surface area contributed by atoms with Gasteiger partial charge in [0.15, 0.2) is 23.1 Å². The highest BCUT2D eigenvalue weighted by Crippen LogP contribution is 2.47. The number of oxazole rings is 1. The summed E-state index contributed by atoms with van der Waals surface area (Å²) in [5, 5.41) is 8.76. The number of nitrogens with zero attached hydrogens (tertiary/aromatic N) is 1. The van der Waals surface area contributed by atoms with Crippen LogP contribution in [0.1, 0.15) is 18.2 Å². The summed E-state index contributed by atoms with van der Waals surface area (Å²) in [5.74, 6) is -3.47. The second-order valence-corrected chi connectivity index (χ2v) is 4.07. The highest BCUT2D eigenvalue weighted by molar-refractivity contribution is 5.76. The van der Waals surface area contributed by atoms with Gasteiger partial charge in [0.25, 0.3) is 0 Å². The summed E-state index contributed by atoms with van der Waals surface area (Å²) in [5.41, 5.74) is 0.338. The summed E-state index contributed by atoms with van der Waals surface area (Å²) in [6.07, 6.45) is 0.452. The first-order valence-electron chi connectivity index (χ1n) is 5.04. The van der Waals surface area contributed by atoms with Crippen molar-refractivity contribution in [3.8, 4) is 0 Å². The van der Waals surface area contributed by atoms with Gasteiger partial charge in [-0.15, -0.1) is 0 Å². The largest absolute Gasteiger partial charge is 0.481 e. The minimum absolute atomic E-state index is 0.134. The minimum Gasteiger partial charge on any atom is -0.481 e. The standard InChI is InChI=1S/C11H7F2NO3/c12-6-2-8-9(3-7(6)13)17-10(14-8)4-1-5(4)11(15)16/h2-5H,1H2,(H,15,16)/t4-,5-/m0/s1. The molecule has 0 aliphatic heterocycles. The molecule has 2 aromatic rings. The van der Waals surface area contributed by atoms with E-state index in [4.69, 9.17) is 9.52 Å². The van der Waals surface area contributed by atoms with Crippen molar-refractivity contribution < 1.29 is 23.1 Å². The molecular weight excluding hydrogens is 232 g/mol. The molecule has 1 fully saturated rings. The van der Waals surface area contributed by atoms with Crippen LogP contribution in [0.5, 0.6) is 0 Å². The molecule has 0 unspecified atom stereocenters. The molecule has 1 N–H and O–H groups in total. The van der Waals surface area contributed by atoms with E-state index in [0.29, 0.717) is 6.42 Å². The molecule has 1 aromatic carbocycles. The van der Waals surface area contributed by atoms with E-state index < -0.39 is 23.5 Å². The molecule has 4 nitrogen and oxygen atoms in total. The summed E-state index contributed by atoms with van der Waals surface area (Å²) in [7, 11) is 0. The highest BCUT2D eigenvalue weighted by atomic mass is 19.2. The van der Waals surface area contributed by atoms with Crippen LogP contribution >= 0.6 is 0 Å². The second-order valence-electron chi connectivity index (χ2n) is 4.07. The van der Waals surface area contributed by atoms with Crippen LogP contribution in [0.15, 0.2) is 16.5 Å². The molecular formula is C11H7F2NO3. The Morgan fingerprint density at radius 2 is 2.12 bits per heavy atom. The van der Waals surface area contributed by atoms with Gasteiger partial charge in [-0.05, 0) is 6.42 Å². The average Bonchev–Trinajstić information content (AvgIpc) is 2.96. The number of carboxylic acids is 1. The smallest absolute Gasteiger partial charge is 0.307 e. The lowest BCUT2D eigenvalue weighted by Gasteiger charge is -1.89. The Bertz CT molecular complexity index is 583. The number of hydrogen-bond acceptors (Lipinski definition) is 3. The van der Waals surface area contributed by atoms with Crippen LogP contribution in [-0.4, -0.2) is 16.1 Å². The summed E-state index contributed by atoms with van der Waals surface area (Å²) < 4.78 is 31.1. The summed E-state index contributed by atoms with van der Waals surface area (Å²) in [6, 6.07) is 1.86. The summed E-state index contributed by atoms with van der Waals surface area (Å²) in [4.78, 5) is 14.7. The highest BCUT2D eigenvalue weighted by Gasteiger charge is 2.47. The lowest BCUT2D eigenvalue weighted by molar-refractivity contribution is -0.138. The maximum Gasteiger partial charge on any atom is 0.307 e. The van der Waals surface area contributed by atoms with E-state index in [0.717, 1.165) is 12.1 Å². The van der Waals surface area contributed by atoms with Crippen LogP contribution in [0, 0.1) is 17.6 Å². The van der Waals surface area contributed by atoms with Crippen LogP contribution in [0.3, 0.4) is 0 Å².